The lowest BCUT2D eigenvalue weighted by atomic mass is 10.1. The molecule has 1 heterocycles. The van der Waals surface area contributed by atoms with Crippen LogP contribution in [0.5, 0.6) is 5.75 Å². The molecule has 102 valence electrons. The molecule has 0 spiro atoms. The molecule has 3 aromatic rings. The number of methoxy groups -OCH3 is 1. The summed E-state index contributed by atoms with van der Waals surface area (Å²) in [5.74, 6) is 0.797. The summed E-state index contributed by atoms with van der Waals surface area (Å²) in [5.41, 5.74) is 2.45. The fourth-order valence-corrected chi connectivity index (χ4v) is 2.93. The number of hydrogen-bond acceptors (Lipinski definition) is 4. The van der Waals surface area contributed by atoms with Gasteiger partial charge in [0.1, 0.15) is 16.8 Å². The fourth-order valence-electron chi connectivity index (χ4n) is 2.00. The van der Waals surface area contributed by atoms with Crippen molar-refractivity contribution in [3.8, 4) is 11.8 Å². The maximum absolute atomic E-state index is 9.39. The van der Waals surface area contributed by atoms with Crippen LogP contribution in [0.3, 0.4) is 0 Å². The van der Waals surface area contributed by atoms with Crippen molar-refractivity contribution < 1.29 is 4.74 Å². The fraction of sp³-hybridized carbons (Fsp3) is 0.0588. The van der Waals surface area contributed by atoms with Crippen LogP contribution in [0, 0.1) is 11.3 Å². The lowest BCUT2D eigenvalue weighted by Crippen LogP contribution is -1.83. The molecule has 0 aliphatic carbocycles. The lowest BCUT2D eigenvalue weighted by Gasteiger charge is -1.99. The molecule has 3 rings (SSSR count). The van der Waals surface area contributed by atoms with E-state index in [1.54, 1.807) is 7.11 Å². The number of aromatic nitrogens is 1. The minimum Gasteiger partial charge on any atom is -0.497 e. The summed E-state index contributed by atoms with van der Waals surface area (Å²) in [4.78, 5) is 4.52. The van der Waals surface area contributed by atoms with Gasteiger partial charge in [-0.25, -0.2) is 4.98 Å². The number of allylic oxidation sites excluding steroid dienone is 1. The first-order valence-corrected chi connectivity index (χ1v) is 7.23. The number of thiazole rings is 1. The van der Waals surface area contributed by atoms with E-state index in [0.29, 0.717) is 5.57 Å². The topological polar surface area (TPSA) is 45.9 Å². The Morgan fingerprint density at radius 2 is 1.95 bits per heavy atom. The number of para-hydroxylation sites is 1. The van der Waals surface area contributed by atoms with Crippen molar-refractivity contribution in [3.05, 3.63) is 59.1 Å². The molecule has 0 saturated heterocycles. The van der Waals surface area contributed by atoms with E-state index < -0.39 is 0 Å². The number of hydrogen-bond donors (Lipinski definition) is 0. The molecule has 4 heteroatoms. The zero-order valence-corrected chi connectivity index (χ0v) is 12.2. The molecule has 21 heavy (non-hydrogen) atoms. The van der Waals surface area contributed by atoms with Crippen LogP contribution in [-0.2, 0) is 0 Å². The third-order valence-electron chi connectivity index (χ3n) is 3.07. The Morgan fingerprint density at radius 1 is 1.19 bits per heavy atom. The molecule has 0 saturated carbocycles. The van der Waals surface area contributed by atoms with E-state index in [0.717, 1.165) is 26.5 Å². The summed E-state index contributed by atoms with van der Waals surface area (Å²) in [5, 5.41) is 10.1. The van der Waals surface area contributed by atoms with Gasteiger partial charge in [0.05, 0.1) is 22.9 Å². The third kappa shape index (κ3) is 2.78. The zero-order valence-electron chi connectivity index (χ0n) is 11.4. The molecule has 3 nitrogen and oxygen atoms in total. The molecule has 0 aliphatic rings. The second-order valence-corrected chi connectivity index (χ2v) is 5.46. The highest BCUT2D eigenvalue weighted by molar-refractivity contribution is 7.19. The monoisotopic (exact) mass is 292 g/mol. The van der Waals surface area contributed by atoms with Crippen LogP contribution in [0.15, 0.2) is 48.5 Å². The van der Waals surface area contributed by atoms with Gasteiger partial charge in [0.15, 0.2) is 0 Å². The average molecular weight is 292 g/mol. The van der Waals surface area contributed by atoms with Crippen LogP contribution in [0.2, 0.25) is 0 Å². The van der Waals surface area contributed by atoms with Crippen molar-refractivity contribution in [2.24, 2.45) is 0 Å². The van der Waals surface area contributed by atoms with Gasteiger partial charge < -0.3 is 4.74 Å². The van der Waals surface area contributed by atoms with E-state index in [1.807, 2.05) is 54.6 Å². The summed E-state index contributed by atoms with van der Waals surface area (Å²) in [6.07, 6.45) is 1.84. The van der Waals surface area contributed by atoms with Gasteiger partial charge in [0.2, 0.25) is 0 Å². The van der Waals surface area contributed by atoms with Crippen LogP contribution in [-0.4, -0.2) is 12.1 Å². The van der Waals surface area contributed by atoms with Gasteiger partial charge in [-0.05, 0) is 35.9 Å². The van der Waals surface area contributed by atoms with Gasteiger partial charge in [-0.15, -0.1) is 11.3 Å². The van der Waals surface area contributed by atoms with E-state index in [4.69, 9.17) is 4.74 Å². The number of nitriles is 1. The van der Waals surface area contributed by atoms with Crippen LogP contribution in [0.4, 0.5) is 0 Å². The minimum atomic E-state index is 0.571. The Labute approximate surface area is 126 Å². The minimum absolute atomic E-state index is 0.571. The largest absolute Gasteiger partial charge is 0.497 e. The summed E-state index contributed by atoms with van der Waals surface area (Å²) in [6.45, 7) is 0. The van der Waals surface area contributed by atoms with Crippen molar-refractivity contribution in [2.75, 3.05) is 7.11 Å². The van der Waals surface area contributed by atoms with E-state index in [9.17, 15) is 5.26 Å². The van der Waals surface area contributed by atoms with Crippen molar-refractivity contribution in [3.63, 3.8) is 0 Å². The van der Waals surface area contributed by atoms with Crippen molar-refractivity contribution in [2.45, 2.75) is 0 Å². The van der Waals surface area contributed by atoms with Gasteiger partial charge >= 0.3 is 0 Å². The molecule has 0 fully saturated rings. The summed E-state index contributed by atoms with van der Waals surface area (Å²) >= 11 is 1.53. The average Bonchev–Trinajstić information content (AvgIpc) is 2.97. The molecule has 0 atom stereocenters. The van der Waals surface area contributed by atoms with Gasteiger partial charge in [-0.3, -0.25) is 0 Å². The van der Waals surface area contributed by atoms with Gasteiger partial charge in [0, 0.05) is 0 Å². The number of benzene rings is 2. The molecule has 0 amide bonds. The first-order valence-electron chi connectivity index (χ1n) is 6.42. The van der Waals surface area contributed by atoms with Crippen molar-refractivity contribution in [1.82, 2.24) is 4.98 Å². The molecule has 1 aromatic heterocycles. The van der Waals surface area contributed by atoms with E-state index >= 15 is 0 Å². The highest BCUT2D eigenvalue weighted by atomic mass is 32.1. The second-order valence-electron chi connectivity index (χ2n) is 4.43. The van der Waals surface area contributed by atoms with Crippen molar-refractivity contribution in [1.29, 1.82) is 5.26 Å². The Hall–Kier alpha value is -2.64. The summed E-state index contributed by atoms with van der Waals surface area (Å²) < 4.78 is 6.22. The SMILES string of the molecule is COc1ccc(C=C(C#N)c2nc3ccccc3s2)cc1. The molecular weight excluding hydrogens is 280 g/mol. The lowest BCUT2D eigenvalue weighted by molar-refractivity contribution is 0.415. The quantitative estimate of drug-likeness (QED) is 0.673. The van der Waals surface area contributed by atoms with Gasteiger partial charge in [-0.1, -0.05) is 24.3 Å². The highest BCUT2D eigenvalue weighted by Crippen LogP contribution is 2.28. The molecule has 0 radical (unpaired) electrons. The predicted molar refractivity (Wildman–Crippen MR) is 86.1 cm³/mol. The van der Waals surface area contributed by atoms with Gasteiger partial charge in [0.25, 0.3) is 0 Å². The first-order chi connectivity index (χ1) is 10.3. The molecule has 0 bridgehead atoms. The van der Waals surface area contributed by atoms with Crippen LogP contribution in [0.1, 0.15) is 10.6 Å². The Balaban J connectivity index is 2.00. The zero-order chi connectivity index (χ0) is 14.7. The Kier molecular flexibility index (Phi) is 3.67. The molecule has 0 aliphatic heterocycles. The van der Waals surface area contributed by atoms with Gasteiger partial charge in [-0.2, -0.15) is 5.26 Å². The Morgan fingerprint density at radius 3 is 2.62 bits per heavy atom. The molecule has 2 aromatic carbocycles. The molecule has 0 unspecified atom stereocenters. The highest BCUT2D eigenvalue weighted by Gasteiger charge is 2.08. The summed E-state index contributed by atoms with van der Waals surface area (Å²) in [7, 11) is 1.63. The number of rotatable bonds is 3. The third-order valence-corrected chi connectivity index (χ3v) is 4.14. The number of ether oxygens (including phenoxy) is 1. The van der Waals surface area contributed by atoms with Crippen molar-refractivity contribution >= 4 is 33.2 Å². The predicted octanol–water partition coefficient (Wildman–Crippen LogP) is 4.37. The van der Waals surface area contributed by atoms with E-state index in [1.165, 1.54) is 11.3 Å². The Bertz CT molecular complexity index is 808. The van der Waals surface area contributed by atoms with Crippen LogP contribution >= 0.6 is 11.3 Å². The number of nitrogens with zero attached hydrogens (tertiary/aromatic N) is 2. The second kappa shape index (κ2) is 5.78. The standard InChI is InChI=1S/C17H12N2OS/c1-20-14-8-6-12(7-9-14)10-13(11-18)17-19-15-4-2-3-5-16(15)21-17/h2-10H,1H3. The van der Waals surface area contributed by atoms with Crippen LogP contribution < -0.4 is 4.74 Å². The number of fused-ring (bicyclic) bond motifs is 1. The maximum atomic E-state index is 9.39. The van der Waals surface area contributed by atoms with Crippen LogP contribution in [0.25, 0.3) is 21.9 Å². The first kappa shape index (κ1) is 13.3. The summed E-state index contributed by atoms with van der Waals surface area (Å²) in [6, 6.07) is 17.7. The molecular formula is C17H12N2OS. The molecule has 0 N–H and O–H groups in total. The van der Waals surface area contributed by atoms with E-state index in [2.05, 4.69) is 11.1 Å². The maximum Gasteiger partial charge on any atom is 0.135 e. The smallest absolute Gasteiger partial charge is 0.135 e. The normalized spacial score (nSPS) is 11.3. The van der Waals surface area contributed by atoms with E-state index in [-0.39, 0.29) is 0 Å².